The minimum atomic E-state index is -0.460. The van der Waals surface area contributed by atoms with Crippen molar-refractivity contribution in [3.63, 3.8) is 0 Å². The van der Waals surface area contributed by atoms with Gasteiger partial charge in [0.2, 0.25) is 11.7 Å². The van der Waals surface area contributed by atoms with E-state index in [1.807, 2.05) is 6.92 Å². The SMILES string of the molecule is CCCNC(=O)Cn1nc2c(-c3nc(-c4cccc(F)c4)no3)cccn2c1=O. The fourth-order valence-corrected chi connectivity index (χ4v) is 2.84. The number of benzene rings is 1. The average molecular weight is 396 g/mol. The van der Waals surface area contributed by atoms with E-state index >= 15 is 0 Å². The summed E-state index contributed by atoms with van der Waals surface area (Å²) in [4.78, 5) is 28.8. The van der Waals surface area contributed by atoms with E-state index in [2.05, 4.69) is 20.6 Å². The van der Waals surface area contributed by atoms with Crippen molar-refractivity contribution in [2.45, 2.75) is 19.9 Å². The van der Waals surface area contributed by atoms with E-state index < -0.39 is 11.5 Å². The lowest BCUT2D eigenvalue weighted by molar-refractivity contribution is -0.121. The van der Waals surface area contributed by atoms with Crippen LogP contribution in [-0.2, 0) is 11.3 Å². The average Bonchev–Trinajstić information content (AvgIpc) is 3.32. The molecule has 0 spiro atoms. The highest BCUT2D eigenvalue weighted by Crippen LogP contribution is 2.24. The molecular formula is C19H17FN6O3. The maximum Gasteiger partial charge on any atom is 0.350 e. The van der Waals surface area contributed by atoms with Crippen molar-refractivity contribution < 1.29 is 13.7 Å². The summed E-state index contributed by atoms with van der Waals surface area (Å²) in [6.07, 6.45) is 2.33. The van der Waals surface area contributed by atoms with Crippen molar-refractivity contribution in [2.75, 3.05) is 6.54 Å². The molecule has 0 saturated heterocycles. The number of hydrogen-bond acceptors (Lipinski definition) is 6. The summed E-state index contributed by atoms with van der Waals surface area (Å²) in [6, 6.07) is 9.13. The van der Waals surface area contributed by atoms with Gasteiger partial charge in [0.1, 0.15) is 12.4 Å². The minimum Gasteiger partial charge on any atom is -0.355 e. The second-order valence-electron chi connectivity index (χ2n) is 6.34. The Hall–Kier alpha value is -3.82. The smallest absolute Gasteiger partial charge is 0.350 e. The molecule has 0 bridgehead atoms. The molecule has 0 unspecified atom stereocenters. The Balaban J connectivity index is 1.71. The van der Waals surface area contributed by atoms with E-state index in [0.29, 0.717) is 17.7 Å². The first kappa shape index (κ1) is 18.5. The second-order valence-corrected chi connectivity index (χ2v) is 6.34. The lowest BCUT2D eigenvalue weighted by atomic mass is 10.2. The van der Waals surface area contributed by atoms with Crippen LogP contribution in [-0.4, -0.2) is 36.8 Å². The van der Waals surface area contributed by atoms with Gasteiger partial charge in [0, 0.05) is 18.3 Å². The van der Waals surface area contributed by atoms with Gasteiger partial charge < -0.3 is 9.84 Å². The summed E-state index contributed by atoms with van der Waals surface area (Å²) >= 11 is 0. The van der Waals surface area contributed by atoms with E-state index in [-0.39, 0.29) is 29.8 Å². The molecule has 3 heterocycles. The molecule has 0 aliphatic heterocycles. The lowest BCUT2D eigenvalue weighted by Gasteiger charge is -2.01. The Labute approximate surface area is 163 Å². The zero-order valence-electron chi connectivity index (χ0n) is 15.5. The molecular weight excluding hydrogens is 379 g/mol. The largest absolute Gasteiger partial charge is 0.355 e. The normalized spacial score (nSPS) is 11.1. The molecule has 0 aliphatic carbocycles. The Morgan fingerprint density at radius 3 is 2.93 bits per heavy atom. The van der Waals surface area contributed by atoms with Crippen LogP contribution in [0.5, 0.6) is 0 Å². The third kappa shape index (κ3) is 3.64. The number of nitrogens with zero attached hydrogens (tertiary/aromatic N) is 5. The van der Waals surface area contributed by atoms with Crippen LogP contribution in [0.2, 0.25) is 0 Å². The number of amides is 1. The Bertz CT molecular complexity index is 1240. The zero-order chi connectivity index (χ0) is 20.4. The number of fused-ring (bicyclic) bond motifs is 1. The molecule has 29 heavy (non-hydrogen) atoms. The predicted molar refractivity (Wildman–Crippen MR) is 101 cm³/mol. The summed E-state index contributed by atoms with van der Waals surface area (Å²) in [7, 11) is 0. The number of rotatable bonds is 6. The van der Waals surface area contributed by atoms with Gasteiger partial charge in [-0.3, -0.25) is 4.79 Å². The van der Waals surface area contributed by atoms with Gasteiger partial charge in [0.25, 0.3) is 5.89 Å². The highest BCUT2D eigenvalue weighted by Gasteiger charge is 2.18. The van der Waals surface area contributed by atoms with Gasteiger partial charge in [-0.05, 0) is 30.7 Å². The third-order valence-corrected chi connectivity index (χ3v) is 4.21. The molecule has 0 radical (unpaired) electrons. The number of nitrogens with one attached hydrogen (secondary N) is 1. The fourth-order valence-electron chi connectivity index (χ4n) is 2.84. The Morgan fingerprint density at radius 2 is 2.14 bits per heavy atom. The van der Waals surface area contributed by atoms with Crippen molar-refractivity contribution in [2.24, 2.45) is 0 Å². The number of carbonyl (C=O) groups excluding carboxylic acids is 1. The molecule has 4 aromatic rings. The van der Waals surface area contributed by atoms with Crippen LogP contribution in [0.25, 0.3) is 28.5 Å². The van der Waals surface area contributed by atoms with Gasteiger partial charge in [-0.15, -0.1) is 5.10 Å². The Morgan fingerprint density at radius 1 is 1.28 bits per heavy atom. The van der Waals surface area contributed by atoms with E-state index in [9.17, 15) is 14.0 Å². The summed E-state index contributed by atoms with van der Waals surface area (Å²) in [6.45, 7) is 2.27. The van der Waals surface area contributed by atoms with Gasteiger partial charge in [-0.25, -0.2) is 18.3 Å². The molecule has 10 heteroatoms. The van der Waals surface area contributed by atoms with Crippen LogP contribution in [0.1, 0.15) is 13.3 Å². The zero-order valence-corrected chi connectivity index (χ0v) is 15.5. The quantitative estimate of drug-likeness (QED) is 0.533. The number of halogens is 1. The first-order valence-corrected chi connectivity index (χ1v) is 9.01. The van der Waals surface area contributed by atoms with Gasteiger partial charge >= 0.3 is 5.69 Å². The van der Waals surface area contributed by atoms with Crippen molar-refractivity contribution >= 4 is 11.6 Å². The van der Waals surface area contributed by atoms with E-state index in [0.717, 1.165) is 11.1 Å². The summed E-state index contributed by atoms with van der Waals surface area (Å²) in [5, 5.41) is 10.8. The van der Waals surface area contributed by atoms with Crippen LogP contribution < -0.4 is 11.0 Å². The molecule has 0 saturated carbocycles. The molecule has 4 rings (SSSR count). The molecule has 3 aromatic heterocycles. The maximum absolute atomic E-state index is 13.5. The summed E-state index contributed by atoms with van der Waals surface area (Å²) < 4.78 is 21.1. The number of carbonyl (C=O) groups is 1. The molecule has 9 nitrogen and oxygen atoms in total. The highest BCUT2D eigenvalue weighted by atomic mass is 19.1. The molecule has 1 amide bonds. The molecule has 1 N–H and O–H groups in total. The van der Waals surface area contributed by atoms with E-state index in [4.69, 9.17) is 4.52 Å². The maximum atomic E-state index is 13.5. The van der Waals surface area contributed by atoms with Crippen molar-refractivity contribution in [1.29, 1.82) is 0 Å². The minimum absolute atomic E-state index is 0.127. The topological polar surface area (TPSA) is 107 Å². The van der Waals surface area contributed by atoms with E-state index in [1.54, 1.807) is 30.5 Å². The van der Waals surface area contributed by atoms with Crippen LogP contribution in [0.15, 0.2) is 51.9 Å². The van der Waals surface area contributed by atoms with Gasteiger partial charge in [-0.2, -0.15) is 4.98 Å². The first-order valence-electron chi connectivity index (χ1n) is 9.01. The van der Waals surface area contributed by atoms with Crippen molar-refractivity contribution in [3.05, 3.63) is 58.9 Å². The molecule has 0 atom stereocenters. The summed E-state index contributed by atoms with van der Waals surface area (Å²) in [5.41, 5.74) is 0.698. The third-order valence-electron chi connectivity index (χ3n) is 4.21. The molecule has 148 valence electrons. The van der Waals surface area contributed by atoms with E-state index in [1.165, 1.54) is 16.5 Å². The van der Waals surface area contributed by atoms with Gasteiger partial charge in [0.15, 0.2) is 5.65 Å². The number of hydrogen-bond donors (Lipinski definition) is 1. The van der Waals surface area contributed by atoms with Gasteiger partial charge in [-0.1, -0.05) is 24.2 Å². The van der Waals surface area contributed by atoms with Crippen LogP contribution in [0, 0.1) is 5.82 Å². The monoisotopic (exact) mass is 396 g/mol. The first-order chi connectivity index (χ1) is 14.1. The molecule has 0 fully saturated rings. The van der Waals surface area contributed by atoms with Crippen molar-refractivity contribution in [3.8, 4) is 22.8 Å². The number of aromatic nitrogens is 5. The second kappa shape index (κ2) is 7.66. The predicted octanol–water partition coefficient (Wildman–Crippen LogP) is 1.88. The lowest BCUT2D eigenvalue weighted by Crippen LogP contribution is -2.33. The van der Waals surface area contributed by atoms with Crippen LogP contribution in [0.4, 0.5) is 4.39 Å². The molecule has 1 aromatic carbocycles. The van der Waals surface area contributed by atoms with Crippen LogP contribution in [0.3, 0.4) is 0 Å². The highest BCUT2D eigenvalue weighted by molar-refractivity contribution is 5.76. The Kier molecular flexibility index (Phi) is 4.90. The van der Waals surface area contributed by atoms with Crippen LogP contribution >= 0.6 is 0 Å². The standard InChI is InChI=1S/C19H17FN6O3/c1-2-8-21-15(27)11-26-19(28)25-9-4-7-14(17(25)23-26)18-22-16(24-29-18)12-5-3-6-13(20)10-12/h3-7,9-10H,2,8,11H2,1H3,(H,21,27). The fraction of sp³-hybridized carbons (Fsp3) is 0.211. The number of pyridine rings is 1. The van der Waals surface area contributed by atoms with Crippen molar-refractivity contribution in [1.82, 2.24) is 29.6 Å². The summed E-state index contributed by atoms with van der Waals surface area (Å²) in [5.74, 6) is -0.377. The van der Waals surface area contributed by atoms with Gasteiger partial charge in [0.05, 0.1) is 5.56 Å². The molecule has 0 aliphatic rings.